The summed E-state index contributed by atoms with van der Waals surface area (Å²) >= 11 is 0. The molecule has 0 radical (unpaired) electrons. The fourth-order valence-corrected chi connectivity index (χ4v) is 3.43. The molecule has 1 atom stereocenters. The zero-order valence-electron chi connectivity index (χ0n) is 13.8. The predicted molar refractivity (Wildman–Crippen MR) is 89.5 cm³/mol. The molecule has 1 fully saturated rings. The van der Waals surface area contributed by atoms with E-state index in [0.29, 0.717) is 12.0 Å². The largest absolute Gasteiger partial charge is 0.346 e. The quantitative estimate of drug-likeness (QED) is 0.928. The summed E-state index contributed by atoms with van der Waals surface area (Å²) in [6, 6.07) is 2.44. The molecule has 2 heterocycles. The third kappa shape index (κ3) is 3.61. The Bertz CT molecular complexity index is 496. The highest BCUT2D eigenvalue weighted by molar-refractivity contribution is 5.96. The second kappa shape index (κ2) is 7.32. The van der Waals surface area contributed by atoms with Crippen molar-refractivity contribution in [3.8, 4) is 0 Å². The molecule has 5 heteroatoms. The lowest BCUT2D eigenvalue weighted by Crippen LogP contribution is -2.30. The maximum Gasteiger partial charge on any atom is 0.255 e. The average Bonchev–Trinajstić information content (AvgIpc) is 2.94. The van der Waals surface area contributed by atoms with Crippen molar-refractivity contribution in [2.45, 2.75) is 40.2 Å². The van der Waals surface area contributed by atoms with E-state index in [1.807, 2.05) is 18.0 Å². The van der Waals surface area contributed by atoms with Gasteiger partial charge >= 0.3 is 0 Å². The van der Waals surface area contributed by atoms with Crippen molar-refractivity contribution in [1.82, 2.24) is 14.8 Å². The molecule has 120 valence electrons. The number of amides is 1. The van der Waals surface area contributed by atoms with Gasteiger partial charge in [0.05, 0.1) is 5.56 Å². The number of nitrogens with one attached hydrogen (secondary N) is 1. The molecule has 0 spiro atoms. The molecular formula is C16H28ClN3O. The van der Waals surface area contributed by atoms with Crippen molar-refractivity contribution in [3.63, 3.8) is 0 Å². The van der Waals surface area contributed by atoms with E-state index in [2.05, 4.69) is 37.6 Å². The van der Waals surface area contributed by atoms with E-state index >= 15 is 0 Å². The van der Waals surface area contributed by atoms with Crippen LogP contribution in [0.3, 0.4) is 0 Å². The van der Waals surface area contributed by atoms with Crippen LogP contribution in [-0.4, -0.2) is 42.1 Å². The number of aromatic nitrogens is 1. The second-order valence-corrected chi connectivity index (χ2v) is 6.21. The minimum atomic E-state index is 0. The first kappa shape index (κ1) is 18.1. The molecule has 1 aromatic rings. The van der Waals surface area contributed by atoms with Crippen molar-refractivity contribution in [1.29, 1.82) is 0 Å². The lowest BCUT2D eigenvalue weighted by Gasteiger charge is -2.18. The van der Waals surface area contributed by atoms with E-state index in [1.165, 1.54) is 5.69 Å². The van der Waals surface area contributed by atoms with Gasteiger partial charge in [-0.1, -0.05) is 0 Å². The predicted octanol–water partition coefficient (Wildman–Crippen LogP) is 2.79. The minimum absolute atomic E-state index is 0. The van der Waals surface area contributed by atoms with E-state index in [9.17, 15) is 4.79 Å². The number of carbonyl (C=O) groups is 1. The van der Waals surface area contributed by atoms with Gasteiger partial charge in [-0.15, -0.1) is 12.4 Å². The van der Waals surface area contributed by atoms with Crippen LogP contribution < -0.4 is 5.32 Å². The van der Waals surface area contributed by atoms with Gasteiger partial charge in [-0.25, -0.2) is 0 Å². The smallest absolute Gasteiger partial charge is 0.255 e. The zero-order chi connectivity index (χ0) is 14.9. The van der Waals surface area contributed by atoms with Gasteiger partial charge in [0.1, 0.15) is 0 Å². The molecule has 1 aromatic heterocycles. The van der Waals surface area contributed by atoms with Crippen LogP contribution in [0.4, 0.5) is 0 Å². The van der Waals surface area contributed by atoms with Crippen LogP contribution in [0.5, 0.6) is 0 Å². The molecule has 0 saturated carbocycles. The van der Waals surface area contributed by atoms with Crippen LogP contribution in [0, 0.1) is 19.8 Å². The van der Waals surface area contributed by atoms with Crippen LogP contribution in [0.15, 0.2) is 6.07 Å². The molecule has 1 N–H and O–H groups in total. The Morgan fingerprint density at radius 2 is 2.10 bits per heavy atom. The van der Waals surface area contributed by atoms with Gasteiger partial charge in [0, 0.05) is 30.5 Å². The third-order valence-corrected chi connectivity index (χ3v) is 4.30. The monoisotopic (exact) mass is 313 g/mol. The van der Waals surface area contributed by atoms with E-state index in [-0.39, 0.29) is 18.3 Å². The van der Waals surface area contributed by atoms with Gasteiger partial charge in [-0.3, -0.25) is 4.79 Å². The van der Waals surface area contributed by atoms with E-state index in [1.54, 1.807) is 0 Å². The van der Waals surface area contributed by atoms with Crippen LogP contribution in [-0.2, 0) is 0 Å². The molecular weight excluding hydrogens is 286 g/mol. The summed E-state index contributed by atoms with van der Waals surface area (Å²) in [6.45, 7) is 11.2. The number of hydrogen-bond donors (Lipinski definition) is 1. The molecule has 0 bridgehead atoms. The van der Waals surface area contributed by atoms with Crippen LogP contribution in [0.25, 0.3) is 0 Å². The van der Waals surface area contributed by atoms with Crippen molar-refractivity contribution >= 4 is 18.3 Å². The van der Waals surface area contributed by atoms with Crippen molar-refractivity contribution in [2.24, 2.45) is 5.92 Å². The summed E-state index contributed by atoms with van der Waals surface area (Å²) in [5.74, 6) is 0.793. The summed E-state index contributed by atoms with van der Waals surface area (Å²) in [7, 11) is 1.97. The van der Waals surface area contributed by atoms with Gasteiger partial charge in [-0.05, 0) is 59.7 Å². The lowest BCUT2D eigenvalue weighted by molar-refractivity contribution is 0.0786. The Balaban J connectivity index is 0.00000220. The number of hydrogen-bond acceptors (Lipinski definition) is 2. The highest BCUT2D eigenvalue weighted by Gasteiger charge is 2.28. The van der Waals surface area contributed by atoms with Crippen LogP contribution in [0.1, 0.15) is 48.1 Å². The Morgan fingerprint density at radius 3 is 2.62 bits per heavy atom. The topological polar surface area (TPSA) is 37.3 Å². The van der Waals surface area contributed by atoms with E-state index in [0.717, 1.165) is 37.3 Å². The third-order valence-electron chi connectivity index (χ3n) is 4.30. The van der Waals surface area contributed by atoms with Crippen molar-refractivity contribution in [3.05, 3.63) is 23.0 Å². The molecule has 0 aromatic carbocycles. The highest BCUT2D eigenvalue weighted by Crippen LogP contribution is 2.24. The Kier molecular flexibility index (Phi) is 6.29. The van der Waals surface area contributed by atoms with Crippen LogP contribution >= 0.6 is 12.4 Å². The number of rotatable bonds is 4. The SMILES string of the molecule is CNCC1CCN(C(=O)c2cc(C)n(C(C)C)c2C)C1.Cl. The van der Waals surface area contributed by atoms with Crippen LogP contribution in [0.2, 0.25) is 0 Å². The number of carbonyl (C=O) groups excluding carboxylic acids is 1. The maximum absolute atomic E-state index is 12.7. The lowest BCUT2D eigenvalue weighted by atomic mass is 10.1. The average molecular weight is 314 g/mol. The number of halogens is 1. The summed E-state index contributed by atoms with van der Waals surface area (Å²) in [5, 5.41) is 3.21. The number of nitrogens with zero attached hydrogens (tertiary/aromatic N) is 2. The second-order valence-electron chi connectivity index (χ2n) is 6.21. The summed E-state index contributed by atoms with van der Waals surface area (Å²) < 4.78 is 2.24. The molecule has 2 rings (SSSR count). The molecule has 0 aliphatic carbocycles. The molecule has 21 heavy (non-hydrogen) atoms. The fraction of sp³-hybridized carbons (Fsp3) is 0.688. The Morgan fingerprint density at radius 1 is 1.43 bits per heavy atom. The highest BCUT2D eigenvalue weighted by atomic mass is 35.5. The van der Waals surface area contributed by atoms with Gasteiger partial charge in [-0.2, -0.15) is 0 Å². The summed E-state index contributed by atoms with van der Waals surface area (Å²) in [4.78, 5) is 14.7. The normalized spacial score (nSPS) is 18.2. The number of likely N-dealkylation sites (tertiary alicyclic amines) is 1. The molecule has 1 unspecified atom stereocenters. The first-order chi connectivity index (χ1) is 9.45. The van der Waals surface area contributed by atoms with Gasteiger partial charge in [0.25, 0.3) is 5.91 Å². The number of aryl methyl sites for hydroxylation is 1. The minimum Gasteiger partial charge on any atom is -0.346 e. The van der Waals surface area contributed by atoms with E-state index in [4.69, 9.17) is 0 Å². The van der Waals surface area contributed by atoms with Gasteiger partial charge in [0.2, 0.25) is 0 Å². The molecule has 1 amide bonds. The molecule has 4 nitrogen and oxygen atoms in total. The van der Waals surface area contributed by atoms with Gasteiger partial charge in [0.15, 0.2) is 0 Å². The summed E-state index contributed by atoms with van der Waals surface area (Å²) in [6.07, 6.45) is 1.11. The fourth-order valence-electron chi connectivity index (χ4n) is 3.43. The van der Waals surface area contributed by atoms with Crippen molar-refractivity contribution in [2.75, 3.05) is 26.7 Å². The van der Waals surface area contributed by atoms with Crippen molar-refractivity contribution < 1.29 is 4.79 Å². The zero-order valence-corrected chi connectivity index (χ0v) is 14.6. The molecule has 1 aliphatic heterocycles. The first-order valence-corrected chi connectivity index (χ1v) is 7.58. The van der Waals surface area contributed by atoms with Gasteiger partial charge < -0.3 is 14.8 Å². The maximum atomic E-state index is 12.7. The van der Waals surface area contributed by atoms with E-state index < -0.39 is 0 Å². The summed E-state index contributed by atoms with van der Waals surface area (Å²) in [5.41, 5.74) is 3.15. The first-order valence-electron chi connectivity index (χ1n) is 7.58. The Labute approximate surface area is 134 Å². The molecule has 1 saturated heterocycles. The standard InChI is InChI=1S/C16H27N3O.ClH/c1-11(2)19-12(3)8-15(13(19)4)16(20)18-7-6-14(10-18)9-17-5;/h8,11,14,17H,6-7,9-10H2,1-5H3;1H. The molecule has 1 aliphatic rings. The Hall–Kier alpha value is -1.00.